The molecule has 0 nitrogen and oxygen atoms in total. The Kier molecular flexibility index (Phi) is 14.7. The van der Waals surface area contributed by atoms with Gasteiger partial charge in [-0.15, -0.1) is 0 Å². The lowest BCUT2D eigenvalue weighted by Crippen LogP contribution is -1.85. The molecule has 0 unspecified atom stereocenters. The van der Waals surface area contributed by atoms with Gasteiger partial charge in [-0.1, -0.05) is 72.2 Å². The van der Waals surface area contributed by atoms with Crippen LogP contribution in [0.5, 0.6) is 0 Å². The van der Waals surface area contributed by atoms with Gasteiger partial charge in [0, 0.05) is 0 Å². The maximum absolute atomic E-state index is 2.31. The number of hydrogen-bond acceptors (Lipinski definition) is 0. The number of benzene rings is 1. The van der Waals surface area contributed by atoms with E-state index in [0.717, 1.165) is 6.42 Å². The summed E-state index contributed by atoms with van der Waals surface area (Å²) in [6.45, 7) is 12.4. The largest absolute Gasteiger partial charge is 0.0683 e. The summed E-state index contributed by atoms with van der Waals surface area (Å²) in [5.41, 5.74) is 2.93. The topological polar surface area (TPSA) is 0 Å². The molecule has 0 heterocycles. The summed E-state index contributed by atoms with van der Waals surface area (Å²) in [5.74, 6) is 0. The van der Waals surface area contributed by atoms with Crippen molar-refractivity contribution >= 4 is 0 Å². The minimum atomic E-state index is 1.15. The van der Waals surface area contributed by atoms with Crippen molar-refractivity contribution in [1.29, 1.82) is 0 Å². The van der Waals surface area contributed by atoms with Crippen LogP contribution < -0.4 is 0 Å². The van der Waals surface area contributed by atoms with E-state index in [2.05, 4.69) is 38.1 Å². The van der Waals surface area contributed by atoms with Crippen LogP contribution >= 0.6 is 0 Å². The lowest BCUT2D eigenvalue weighted by atomic mass is 10.1. The van der Waals surface area contributed by atoms with Crippen LogP contribution in [0.25, 0.3) is 0 Å². The Morgan fingerprint density at radius 3 is 1.87 bits per heavy atom. The zero-order chi connectivity index (χ0) is 12.1. The SMILES string of the molecule is CC.CC.CCCc1cccc(CC)c1. The summed E-state index contributed by atoms with van der Waals surface area (Å²) in [4.78, 5) is 0. The molecule has 0 fully saturated rings. The first-order valence-corrected chi connectivity index (χ1v) is 6.44. The van der Waals surface area contributed by atoms with Crippen molar-refractivity contribution in [1.82, 2.24) is 0 Å². The summed E-state index contributed by atoms with van der Waals surface area (Å²) >= 11 is 0. The Hall–Kier alpha value is -0.780. The second-order valence-corrected chi connectivity index (χ2v) is 2.92. The third-order valence-electron chi connectivity index (χ3n) is 1.94. The van der Waals surface area contributed by atoms with Crippen molar-refractivity contribution in [3.05, 3.63) is 35.4 Å². The zero-order valence-corrected chi connectivity index (χ0v) is 11.4. The Labute approximate surface area is 96.7 Å². The van der Waals surface area contributed by atoms with E-state index < -0.39 is 0 Å². The number of rotatable bonds is 3. The Morgan fingerprint density at radius 1 is 0.867 bits per heavy atom. The zero-order valence-electron chi connectivity index (χ0n) is 11.4. The van der Waals surface area contributed by atoms with E-state index in [1.165, 1.54) is 24.0 Å². The van der Waals surface area contributed by atoms with E-state index in [4.69, 9.17) is 0 Å². The van der Waals surface area contributed by atoms with E-state index in [-0.39, 0.29) is 0 Å². The molecule has 0 spiro atoms. The molecule has 0 aromatic heterocycles. The third kappa shape index (κ3) is 8.23. The van der Waals surface area contributed by atoms with Gasteiger partial charge in [-0.2, -0.15) is 0 Å². The van der Waals surface area contributed by atoms with Crippen LogP contribution in [0.4, 0.5) is 0 Å². The molecule has 0 aliphatic rings. The molecule has 1 aromatic carbocycles. The molecular formula is C15H28. The van der Waals surface area contributed by atoms with Gasteiger partial charge in [0.05, 0.1) is 0 Å². The highest BCUT2D eigenvalue weighted by Crippen LogP contribution is 2.07. The van der Waals surface area contributed by atoms with Crippen LogP contribution in [0.2, 0.25) is 0 Å². The van der Waals surface area contributed by atoms with Crippen LogP contribution in [-0.2, 0) is 12.8 Å². The molecule has 88 valence electrons. The maximum atomic E-state index is 2.31. The van der Waals surface area contributed by atoms with Crippen LogP contribution in [0.15, 0.2) is 24.3 Å². The average Bonchev–Trinajstić information content (AvgIpc) is 2.35. The lowest BCUT2D eigenvalue weighted by molar-refractivity contribution is 0.917. The maximum Gasteiger partial charge on any atom is -0.0281 e. The van der Waals surface area contributed by atoms with E-state index in [1.807, 2.05) is 27.7 Å². The lowest BCUT2D eigenvalue weighted by Gasteiger charge is -2.00. The first-order valence-electron chi connectivity index (χ1n) is 6.44. The molecule has 0 saturated carbocycles. The summed E-state index contributed by atoms with van der Waals surface area (Å²) < 4.78 is 0. The van der Waals surface area contributed by atoms with Crippen molar-refractivity contribution in [2.75, 3.05) is 0 Å². The molecule has 0 heteroatoms. The van der Waals surface area contributed by atoms with Crippen LogP contribution in [0, 0.1) is 0 Å². The predicted octanol–water partition coefficient (Wildman–Crippen LogP) is 5.25. The van der Waals surface area contributed by atoms with Crippen molar-refractivity contribution < 1.29 is 0 Å². The molecule has 0 aliphatic carbocycles. The van der Waals surface area contributed by atoms with Crippen molar-refractivity contribution in [3.63, 3.8) is 0 Å². The van der Waals surface area contributed by atoms with Crippen LogP contribution in [0.1, 0.15) is 59.1 Å². The molecule has 0 amide bonds. The molecule has 0 bridgehead atoms. The van der Waals surface area contributed by atoms with Gasteiger partial charge in [-0.3, -0.25) is 0 Å². The molecular weight excluding hydrogens is 180 g/mol. The highest BCUT2D eigenvalue weighted by atomic mass is 14.0. The van der Waals surface area contributed by atoms with Gasteiger partial charge in [-0.25, -0.2) is 0 Å². The van der Waals surface area contributed by atoms with Crippen LogP contribution in [-0.4, -0.2) is 0 Å². The Morgan fingerprint density at radius 2 is 1.40 bits per heavy atom. The third-order valence-corrected chi connectivity index (χ3v) is 1.94. The Balaban J connectivity index is 0. The minimum absolute atomic E-state index is 1.15. The molecule has 15 heavy (non-hydrogen) atoms. The molecule has 0 atom stereocenters. The summed E-state index contributed by atoms with van der Waals surface area (Å²) in [7, 11) is 0. The molecule has 0 radical (unpaired) electrons. The van der Waals surface area contributed by atoms with Gasteiger partial charge >= 0.3 is 0 Å². The van der Waals surface area contributed by atoms with E-state index >= 15 is 0 Å². The second-order valence-electron chi connectivity index (χ2n) is 2.92. The normalized spacial score (nSPS) is 8.13. The quantitative estimate of drug-likeness (QED) is 0.636. The predicted molar refractivity (Wildman–Crippen MR) is 72.5 cm³/mol. The highest BCUT2D eigenvalue weighted by molar-refractivity contribution is 5.23. The summed E-state index contributed by atoms with van der Waals surface area (Å²) in [5, 5.41) is 0. The molecule has 0 saturated heterocycles. The van der Waals surface area contributed by atoms with E-state index in [9.17, 15) is 0 Å². The smallest absolute Gasteiger partial charge is 0.0281 e. The van der Waals surface area contributed by atoms with Crippen molar-refractivity contribution in [2.24, 2.45) is 0 Å². The van der Waals surface area contributed by atoms with Gasteiger partial charge in [0.1, 0.15) is 0 Å². The fraction of sp³-hybridized carbons (Fsp3) is 0.600. The monoisotopic (exact) mass is 208 g/mol. The fourth-order valence-corrected chi connectivity index (χ4v) is 1.29. The summed E-state index contributed by atoms with van der Waals surface area (Å²) in [6, 6.07) is 8.87. The highest BCUT2D eigenvalue weighted by Gasteiger charge is 1.91. The standard InChI is InChI=1S/C11H16.2C2H6/c1-3-6-11-8-5-7-10(4-2)9-11;2*1-2/h5,7-9H,3-4,6H2,1-2H3;2*1-2H3. The molecule has 1 rings (SSSR count). The molecule has 1 aromatic rings. The molecule has 0 aliphatic heterocycles. The van der Waals surface area contributed by atoms with E-state index in [0.29, 0.717) is 0 Å². The fourth-order valence-electron chi connectivity index (χ4n) is 1.29. The van der Waals surface area contributed by atoms with Gasteiger partial charge < -0.3 is 0 Å². The first-order chi connectivity index (χ1) is 7.36. The first kappa shape index (κ1) is 16.6. The van der Waals surface area contributed by atoms with Crippen molar-refractivity contribution in [3.8, 4) is 0 Å². The van der Waals surface area contributed by atoms with Gasteiger partial charge in [0.25, 0.3) is 0 Å². The second kappa shape index (κ2) is 13.2. The number of aryl methyl sites for hydroxylation is 2. The minimum Gasteiger partial charge on any atom is -0.0683 e. The van der Waals surface area contributed by atoms with Crippen molar-refractivity contribution in [2.45, 2.75) is 60.8 Å². The van der Waals surface area contributed by atoms with E-state index in [1.54, 1.807) is 0 Å². The van der Waals surface area contributed by atoms with Gasteiger partial charge in [-0.05, 0) is 24.0 Å². The van der Waals surface area contributed by atoms with Gasteiger partial charge in [0.2, 0.25) is 0 Å². The average molecular weight is 208 g/mol. The van der Waals surface area contributed by atoms with Gasteiger partial charge in [0.15, 0.2) is 0 Å². The van der Waals surface area contributed by atoms with Crippen LogP contribution in [0.3, 0.4) is 0 Å². The number of hydrogen-bond donors (Lipinski definition) is 0. The summed E-state index contributed by atoms with van der Waals surface area (Å²) in [6.07, 6.45) is 3.61. The molecule has 0 N–H and O–H groups in total. The Bertz CT molecular complexity index is 213.